The fourth-order valence-corrected chi connectivity index (χ4v) is 1.53. The van der Waals surface area contributed by atoms with Crippen LogP contribution in [0.2, 0.25) is 0 Å². The van der Waals surface area contributed by atoms with E-state index in [-0.39, 0.29) is 17.9 Å². The molecule has 90 valence electrons. The average Bonchev–Trinajstić information content (AvgIpc) is 2.28. The molecule has 0 aliphatic rings. The van der Waals surface area contributed by atoms with Crippen LogP contribution in [-0.4, -0.2) is 32.9 Å². The van der Waals surface area contributed by atoms with E-state index in [2.05, 4.69) is 5.32 Å². The van der Waals surface area contributed by atoms with Crippen LogP contribution in [0.25, 0.3) is 0 Å². The quantitative estimate of drug-likeness (QED) is 0.793. The molecule has 5 heteroatoms. The Balaban J connectivity index is 3.22. The van der Waals surface area contributed by atoms with Crippen LogP contribution in [0.4, 0.5) is 4.39 Å². The minimum absolute atomic E-state index is 0.108. The molecule has 0 saturated carbocycles. The van der Waals surface area contributed by atoms with Gasteiger partial charge in [0.1, 0.15) is 5.82 Å². The lowest BCUT2D eigenvalue weighted by atomic mass is 10.1. The molecule has 0 aromatic heterocycles. The number of ether oxygens (including phenoxy) is 2. The third-order valence-corrected chi connectivity index (χ3v) is 2.26. The molecule has 1 aromatic rings. The normalized spacial score (nSPS) is 12.3. The van der Waals surface area contributed by atoms with Crippen LogP contribution >= 0.6 is 0 Å². The Bertz CT molecular complexity index is 357. The second-order valence-corrected chi connectivity index (χ2v) is 3.27. The Hall–Kier alpha value is -1.33. The van der Waals surface area contributed by atoms with Crippen LogP contribution < -0.4 is 14.8 Å². The molecule has 1 unspecified atom stereocenters. The van der Waals surface area contributed by atoms with Crippen molar-refractivity contribution in [3.05, 3.63) is 23.5 Å². The molecule has 0 radical (unpaired) electrons. The zero-order chi connectivity index (χ0) is 12.1. The van der Waals surface area contributed by atoms with Gasteiger partial charge in [0.05, 0.1) is 25.9 Å². The molecule has 0 heterocycles. The lowest BCUT2D eigenvalue weighted by Gasteiger charge is -2.17. The lowest BCUT2D eigenvalue weighted by molar-refractivity contribution is 0.167. The molecule has 16 heavy (non-hydrogen) atoms. The van der Waals surface area contributed by atoms with E-state index in [0.29, 0.717) is 5.75 Å². The van der Waals surface area contributed by atoms with Crippen LogP contribution in [0.3, 0.4) is 0 Å². The highest BCUT2D eigenvalue weighted by Crippen LogP contribution is 2.36. The number of benzene rings is 1. The van der Waals surface area contributed by atoms with E-state index >= 15 is 0 Å². The van der Waals surface area contributed by atoms with Gasteiger partial charge in [-0.05, 0) is 19.2 Å². The number of nitrogens with one attached hydrogen (secondary N) is 1. The van der Waals surface area contributed by atoms with Gasteiger partial charge in [-0.1, -0.05) is 0 Å². The van der Waals surface area contributed by atoms with E-state index in [1.165, 1.54) is 26.4 Å². The number of methoxy groups -OCH3 is 2. The molecule has 1 aromatic carbocycles. The molecule has 1 atom stereocenters. The van der Waals surface area contributed by atoms with Gasteiger partial charge in [-0.25, -0.2) is 4.39 Å². The molecular formula is C11H16FNO3. The van der Waals surface area contributed by atoms with Crippen LogP contribution in [0, 0.1) is 5.82 Å². The maximum Gasteiger partial charge on any atom is 0.169 e. The molecule has 0 aliphatic carbocycles. The van der Waals surface area contributed by atoms with Crippen molar-refractivity contribution in [3.63, 3.8) is 0 Å². The van der Waals surface area contributed by atoms with Crippen molar-refractivity contribution in [2.24, 2.45) is 0 Å². The average molecular weight is 229 g/mol. The molecule has 0 spiro atoms. The highest BCUT2D eigenvalue weighted by atomic mass is 19.1. The Morgan fingerprint density at radius 1 is 1.38 bits per heavy atom. The molecule has 4 nitrogen and oxygen atoms in total. The summed E-state index contributed by atoms with van der Waals surface area (Å²) in [5.41, 5.74) is 0.108. The molecule has 0 fully saturated rings. The molecule has 0 aliphatic heterocycles. The largest absolute Gasteiger partial charge is 0.493 e. The molecule has 0 amide bonds. The van der Waals surface area contributed by atoms with Crippen molar-refractivity contribution in [1.29, 1.82) is 0 Å². The predicted molar refractivity (Wildman–Crippen MR) is 58.4 cm³/mol. The number of rotatable bonds is 5. The van der Waals surface area contributed by atoms with E-state index in [0.717, 1.165) is 0 Å². The second kappa shape index (κ2) is 5.67. The number of aliphatic hydroxyl groups excluding tert-OH is 1. The van der Waals surface area contributed by atoms with Gasteiger partial charge >= 0.3 is 0 Å². The van der Waals surface area contributed by atoms with Crippen LogP contribution in [-0.2, 0) is 0 Å². The third kappa shape index (κ3) is 2.43. The summed E-state index contributed by atoms with van der Waals surface area (Å²) in [7, 11) is 4.55. The first-order valence-electron chi connectivity index (χ1n) is 4.88. The van der Waals surface area contributed by atoms with Crippen molar-refractivity contribution in [3.8, 4) is 11.5 Å². The summed E-state index contributed by atoms with van der Waals surface area (Å²) in [6, 6.07) is 2.71. The fraction of sp³-hybridized carbons (Fsp3) is 0.455. The van der Waals surface area contributed by atoms with Gasteiger partial charge < -0.3 is 19.9 Å². The topological polar surface area (TPSA) is 50.7 Å². The zero-order valence-electron chi connectivity index (χ0n) is 9.58. The first-order valence-corrected chi connectivity index (χ1v) is 4.88. The van der Waals surface area contributed by atoms with Crippen molar-refractivity contribution in [2.45, 2.75) is 6.10 Å². The SMILES string of the molecule is CNCC(O)c1c(F)ccc(OC)c1OC. The highest BCUT2D eigenvalue weighted by Gasteiger charge is 2.21. The van der Waals surface area contributed by atoms with Crippen LogP contribution in [0.5, 0.6) is 11.5 Å². The van der Waals surface area contributed by atoms with Crippen LogP contribution in [0.1, 0.15) is 11.7 Å². The zero-order valence-corrected chi connectivity index (χ0v) is 9.58. The van der Waals surface area contributed by atoms with E-state index in [4.69, 9.17) is 9.47 Å². The van der Waals surface area contributed by atoms with E-state index < -0.39 is 11.9 Å². The molecule has 2 N–H and O–H groups in total. The van der Waals surface area contributed by atoms with E-state index in [9.17, 15) is 9.50 Å². The Morgan fingerprint density at radius 2 is 2.06 bits per heavy atom. The lowest BCUT2D eigenvalue weighted by Crippen LogP contribution is -2.18. The third-order valence-electron chi connectivity index (χ3n) is 2.26. The molecule has 0 bridgehead atoms. The van der Waals surface area contributed by atoms with E-state index in [1.54, 1.807) is 7.05 Å². The van der Waals surface area contributed by atoms with Gasteiger partial charge in [0.15, 0.2) is 11.5 Å². The molecule has 0 saturated heterocycles. The maximum atomic E-state index is 13.6. The summed E-state index contributed by atoms with van der Waals surface area (Å²) in [5.74, 6) is 0.111. The summed E-state index contributed by atoms with van der Waals surface area (Å²) >= 11 is 0. The van der Waals surface area contributed by atoms with Crippen molar-refractivity contribution in [2.75, 3.05) is 27.8 Å². The van der Waals surface area contributed by atoms with Crippen molar-refractivity contribution in [1.82, 2.24) is 5.32 Å². The summed E-state index contributed by atoms with van der Waals surface area (Å²) < 4.78 is 23.7. The monoisotopic (exact) mass is 229 g/mol. The summed E-state index contributed by atoms with van der Waals surface area (Å²) in [4.78, 5) is 0. The smallest absolute Gasteiger partial charge is 0.169 e. The number of aliphatic hydroxyl groups is 1. The minimum Gasteiger partial charge on any atom is -0.493 e. The minimum atomic E-state index is -0.977. The van der Waals surface area contributed by atoms with Crippen molar-refractivity contribution < 1.29 is 19.0 Å². The molecule has 1 rings (SSSR count). The first kappa shape index (κ1) is 12.7. The van der Waals surface area contributed by atoms with Gasteiger partial charge in [0.2, 0.25) is 0 Å². The summed E-state index contributed by atoms with van der Waals surface area (Å²) in [6.07, 6.45) is -0.977. The van der Waals surface area contributed by atoms with Gasteiger partial charge in [-0.3, -0.25) is 0 Å². The van der Waals surface area contributed by atoms with E-state index in [1.807, 2.05) is 0 Å². The van der Waals surface area contributed by atoms with Crippen molar-refractivity contribution >= 4 is 0 Å². The Labute approximate surface area is 94.0 Å². The number of halogens is 1. The second-order valence-electron chi connectivity index (χ2n) is 3.27. The summed E-state index contributed by atoms with van der Waals surface area (Å²) in [5, 5.41) is 12.6. The summed E-state index contributed by atoms with van der Waals surface area (Å²) in [6.45, 7) is 0.237. The van der Waals surface area contributed by atoms with Gasteiger partial charge in [-0.15, -0.1) is 0 Å². The fourth-order valence-electron chi connectivity index (χ4n) is 1.53. The number of hydrogen-bond acceptors (Lipinski definition) is 4. The Kier molecular flexibility index (Phi) is 4.52. The predicted octanol–water partition coefficient (Wildman–Crippen LogP) is 1.10. The van der Waals surface area contributed by atoms with Gasteiger partial charge in [-0.2, -0.15) is 0 Å². The van der Waals surface area contributed by atoms with Gasteiger partial charge in [0.25, 0.3) is 0 Å². The van der Waals surface area contributed by atoms with Crippen LogP contribution in [0.15, 0.2) is 12.1 Å². The standard InChI is InChI=1S/C11H16FNO3/c1-13-6-8(14)10-7(12)4-5-9(15-2)11(10)16-3/h4-5,8,13-14H,6H2,1-3H3. The number of likely N-dealkylation sites (N-methyl/N-ethyl adjacent to an activating group) is 1. The first-order chi connectivity index (χ1) is 7.65. The Morgan fingerprint density at radius 3 is 2.56 bits per heavy atom. The highest BCUT2D eigenvalue weighted by molar-refractivity contribution is 5.48. The number of hydrogen-bond donors (Lipinski definition) is 2. The molecular weight excluding hydrogens is 213 g/mol. The van der Waals surface area contributed by atoms with Gasteiger partial charge in [0, 0.05) is 6.54 Å². The maximum absolute atomic E-state index is 13.6.